The summed E-state index contributed by atoms with van der Waals surface area (Å²) in [6, 6.07) is 2.26. The minimum Gasteiger partial charge on any atom is -0.337 e. The second-order valence-corrected chi connectivity index (χ2v) is 5.99. The molecule has 1 aliphatic rings. The van der Waals surface area contributed by atoms with Crippen molar-refractivity contribution in [3.8, 4) is 0 Å². The molecule has 2 heterocycles. The van der Waals surface area contributed by atoms with Gasteiger partial charge >= 0.3 is 0 Å². The summed E-state index contributed by atoms with van der Waals surface area (Å²) in [5, 5.41) is 7.67. The lowest BCUT2D eigenvalue weighted by Crippen LogP contribution is -2.54. The second-order valence-electron chi connectivity index (χ2n) is 5.99. The number of carbonyl (C=O) groups excluding carboxylic acids is 1. The Labute approximate surface area is 115 Å². The zero-order valence-corrected chi connectivity index (χ0v) is 12.3. The monoisotopic (exact) mass is 264 g/mol. The molecule has 0 spiro atoms. The highest BCUT2D eigenvalue weighted by atomic mass is 16.2. The number of nitrogens with one attached hydrogen (secondary N) is 1. The van der Waals surface area contributed by atoms with Crippen molar-refractivity contribution in [2.24, 2.45) is 7.05 Å². The van der Waals surface area contributed by atoms with Gasteiger partial charge in [-0.3, -0.25) is 9.48 Å². The smallest absolute Gasteiger partial charge is 0.272 e. The Morgan fingerprint density at radius 1 is 1.42 bits per heavy atom. The molecular formula is C14H24N4O. The van der Waals surface area contributed by atoms with Gasteiger partial charge in [0.1, 0.15) is 5.69 Å². The lowest BCUT2D eigenvalue weighted by molar-refractivity contribution is 0.0638. The van der Waals surface area contributed by atoms with Gasteiger partial charge in [-0.05, 0) is 25.8 Å². The lowest BCUT2D eigenvalue weighted by atomic mass is 9.88. The number of amides is 1. The van der Waals surface area contributed by atoms with E-state index in [0.717, 1.165) is 25.9 Å². The van der Waals surface area contributed by atoms with E-state index in [2.05, 4.69) is 31.2 Å². The van der Waals surface area contributed by atoms with E-state index in [4.69, 9.17) is 0 Å². The molecular weight excluding hydrogens is 240 g/mol. The zero-order chi connectivity index (χ0) is 14.0. The minimum absolute atomic E-state index is 0.0894. The van der Waals surface area contributed by atoms with E-state index in [-0.39, 0.29) is 11.4 Å². The fourth-order valence-corrected chi connectivity index (χ4v) is 2.79. The molecule has 1 aromatic rings. The first-order chi connectivity index (χ1) is 8.91. The molecule has 19 heavy (non-hydrogen) atoms. The summed E-state index contributed by atoms with van der Waals surface area (Å²) in [6.45, 7) is 8.19. The van der Waals surface area contributed by atoms with Crippen LogP contribution in [0.3, 0.4) is 0 Å². The van der Waals surface area contributed by atoms with Gasteiger partial charge in [-0.15, -0.1) is 0 Å². The van der Waals surface area contributed by atoms with Crippen molar-refractivity contribution in [2.45, 2.75) is 45.2 Å². The molecule has 0 unspecified atom stereocenters. The number of carbonyl (C=O) groups is 1. The Hall–Kier alpha value is -1.36. The largest absolute Gasteiger partial charge is 0.337 e. The van der Waals surface area contributed by atoms with Crippen molar-refractivity contribution >= 4 is 5.91 Å². The maximum Gasteiger partial charge on any atom is 0.272 e. The molecule has 1 aromatic heterocycles. The van der Waals surface area contributed by atoms with Gasteiger partial charge in [0.2, 0.25) is 0 Å². The minimum atomic E-state index is 0.0894. The molecule has 0 aliphatic carbocycles. The number of aromatic nitrogens is 2. The van der Waals surface area contributed by atoms with Crippen molar-refractivity contribution in [2.75, 3.05) is 13.1 Å². The quantitative estimate of drug-likeness (QED) is 0.898. The topological polar surface area (TPSA) is 50.2 Å². The normalized spacial score (nSPS) is 18.9. The number of nitrogens with zero attached hydrogens (tertiary/aromatic N) is 3. The Morgan fingerprint density at radius 3 is 2.53 bits per heavy atom. The highest BCUT2D eigenvalue weighted by molar-refractivity contribution is 5.92. The van der Waals surface area contributed by atoms with Crippen molar-refractivity contribution in [3.05, 3.63) is 18.0 Å². The Kier molecular flexibility index (Phi) is 3.94. The fraction of sp³-hybridized carbons (Fsp3) is 0.714. The molecule has 1 fully saturated rings. The van der Waals surface area contributed by atoms with Gasteiger partial charge in [0.05, 0.1) is 0 Å². The predicted molar refractivity (Wildman–Crippen MR) is 75.0 cm³/mol. The predicted octanol–water partition coefficient (Wildman–Crippen LogP) is 1.41. The van der Waals surface area contributed by atoms with E-state index in [1.807, 2.05) is 11.9 Å². The Bertz CT molecular complexity index is 444. The number of piperidine rings is 1. The van der Waals surface area contributed by atoms with E-state index in [1.54, 1.807) is 16.9 Å². The van der Waals surface area contributed by atoms with Crippen LogP contribution in [0.1, 0.15) is 44.1 Å². The standard InChI is InChI=1S/C14H24N4O/c1-11(2)16-14(3)6-9-18(10-7-14)13(19)12-5-8-15-17(12)4/h5,8,11,16H,6-7,9-10H2,1-4H3. The summed E-state index contributed by atoms with van der Waals surface area (Å²) < 4.78 is 1.64. The average molecular weight is 264 g/mol. The first-order valence-corrected chi connectivity index (χ1v) is 6.96. The van der Waals surface area contributed by atoms with Crippen LogP contribution in [-0.4, -0.2) is 45.3 Å². The maximum atomic E-state index is 12.4. The molecule has 1 saturated heterocycles. The summed E-state index contributed by atoms with van der Waals surface area (Å²) in [4.78, 5) is 14.3. The van der Waals surface area contributed by atoms with Crippen molar-refractivity contribution in [1.29, 1.82) is 0 Å². The van der Waals surface area contributed by atoms with E-state index >= 15 is 0 Å². The van der Waals surface area contributed by atoms with Crippen LogP contribution < -0.4 is 5.32 Å². The molecule has 2 rings (SSSR count). The third-order valence-electron chi connectivity index (χ3n) is 3.83. The zero-order valence-electron chi connectivity index (χ0n) is 12.3. The molecule has 106 valence electrons. The third-order valence-corrected chi connectivity index (χ3v) is 3.83. The first kappa shape index (κ1) is 14.1. The van der Waals surface area contributed by atoms with Gasteiger partial charge in [-0.2, -0.15) is 5.10 Å². The van der Waals surface area contributed by atoms with Gasteiger partial charge in [-0.1, -0.05) is 13.8 Å². The van der Waals surface area contributed by atoms with Gasteiger partial charge in [-0.25, -0.2) is 0 Å². The SMILES string of the molecule is CC(C)NC1(C)CCN(C(=O)c2ccnn2C)CC1. The molecule has 0 radical (unpaired) electrons. The van der Waals surface area contributed by atoms with Crippen LogP contribution in [0.4, 0.5) is 0 Å². The lowest BCUT2D eigenvalue weighted by Gasteiger charge is -2.41. The van der Waals surface area contributed by atoms with E-state index in [0.29, 0.717) is 11.7 Å². The third kappa shape index (κ3) is 3.15. The molecule has 5 nitrogen and oxygen atoms in total. The number of rotatable bonds is 3. The Balaban J connectivity index is 1.97. The molecule has 1 N–H and O–H groups in total. The number of hydrogen-bond acceptors (Lipinski definition) is 3. The number of likely N-dealkylation sites (tertiary alicyclic amines) is 1. The first-order valence-electron chi connectivity index (χ1n) is 6.96. The van der Waals surface area contributed by atoms with E-state index < -0.39 is 0 Å². The Morgan fingerprint density at radius 2 is 2.05 bits per heavy atom. The summed E-state index contributed by atoms with van der Waals surface area (Å²) in [7, 11) is 1.81. The van der Waals surface area contributed by atoms with Crippen LogP contribution in [0, 0.1) is 0 Å². The molecule has 5 heteroatoms. The van der Waals surface area contributed by atoms with Crippen LogP contribution in [0.2, 0.25) is 0 Å². The summed E-state index contributed by atoms with van der Waals surface area (Å²) in [6.07, 6.45) is 3.66. The maximum absolute atomic E-state index is 12.4. The highest BCUT2D eigenvalue weighted by Gasteiger charge is 2.32. The van der Waals surface area contributed by atoms with Gasteiger partial charge in [0.25, 0.3) is 5.91 Å². The second kappa shape index (κ2) is 5.33. The van der Waals surface area contributed by atoms with Crippen molar-refractivity contribution in [3.63, 3.8) is 0 Å². The van der Waals surface area contributed by atoms with Crippen LogP contribution >= 0.6 is 0 Å². The fourth-order valence-electron chi connectivity index (χ4n) is 2.79. The van der Waals surface area contributed by atoms with Gasteiger partial charge < -0.3 is 10.2 Å². The highest BCUT2D eigenvalue weighted by Crippen LogP contribution is 2.23. The van der Waals surface area contributed by atoms with Crippen LogP contribution in [0.25, 0.3) is 0 Å². The summed E-state index contributed by atoms with van der Waals surface area (Å²) >= 11 is 0. The molecule has 0 saturated carbocycles. The molecule has 0 bridgehead atoms. The molecule has 0 aromatic carbocycles. The molecule has 1 amide bonds. The number of hydrogen-bond donors (Lipinski definition) is 1. The van der Waals surface area contributed by atoms with Crippen LogP contribution in [-0.2, 0) is 7.05 Å². The van der Waals surface area contributed by atoms with E-state index in [1.165, 1.54) is 0 Å². The summed E-state index contributed by atoms with van der Waals surface area (Å²) in [5.41, 5.74) is 0.817. The van der Waals surface area contributed by atoms with E-state index in [9.17, 15) is 4.79 Å². The molecule has 0 atom stereocenters. The average Bonchev–Trinajstić information content (AvgIpc) is 2.74. The van der Waals surface area contributed by atoms with Crippen molar-refractivity contribution < 1.29 is 4.79 Å². The van der Waals surface area contributed by atoms with Crippen molar-refractivity contribution in [1.82, 2.24) is 20.0 Å². The van der Waals surface area contributed by atoms with Gasteiger partial charge in [0, 0.05) is 37.9 Å². The van der Waals surface area contributed by atoms with Crippen LogP contribution in [0.5, 0.6) is 0 Å². The number of aryl methyl sites for hydroxylation is 1. The summed E-state index contributed by atoms with van der Waals surface area (Å²) in [5.74, 6) is 0.0894. The van der Waals surface area contributed by atoms with Crippen LogP contribution in [0.15, 0.2) is 12.3 Å². The van der Waals surface area contributed by atoms with Gasteiger partial charge in [0.15, 0.2) is 0 Å². The molecule has 1 aliphatic heterocycles.